The van der Waals surface area contributed by atoms with Crippen LogP contribution in [-0.4, -0.2) is 132 Å². The minimum Gasteiger partial charge on any atom is -0.386 e. The maximum Gasteiger partial charge on any atom is 0.240 e. The predicted octanol–water partition coefficient (Wildman–Crippen LogP) is 4.44. The van der Waals surface area contributed by atoms with Gasteiger partial charge in [0.25, 0.3) is 0 Å². The van der Waals surface area contributed by atoms with Crippen molar-refractivity contribution in [2.24, 2.45) is 23.7 Å². The second kappa shape index (κ2) is 22.2. The van der Waals surface area contributed by atoms with Gasteiger partial charge in [0.05, 0.1) is 60.9 Å². The van der Waals surface area contributed by atoms with Crippen LogP contribution in [0.5, 0.6) is 0 Å². The lowest BCUT2D eigenvalue weighted by molar-refractivity contribution is -0.148. The first-order chi connectivity index (χ1) is 25.3. The first kappa shape index (κ1) is 47.5. The van der Waals surface area contributed by atoms with E-state index in [-0.39, 0.29) is 60.0 Å². The van der Waals surface area contributed by atoms with E-state index in [1.807, 2.05) is 56.1 Å². The van der Waals surface area contributed by atoms with Crippen LogP contribution in [0.15, 0.2) is 30.3 Å². The van der Waals surface area contributed by atoms with Crippen molar-refractivity contribution in [1.82, 2.24) is 25.3 Å². The van der Waals surface area contributed by atoms with Crippen LogP contribution >= 0.6 is 0 Å². The molecule has 0 radical (unpaired) electrons. The molecule has 0 aliphatic carbocycles. The van der Waals surface area contributed by atoms with Crippen molar-refractivity contribution >= 4 is 17.7 Å². The van der Waals surface area contributed by atoms with Crippen LogP contribution in [0.1, 0.15) is 107 Å². The number of hydrogen-bond donors (Lipinski definition) is 4. The van der Waals surface area contributed by atoms with E-state index in [0.717, 1.165) is 12.8 Å². The summed E-state index contributed by atoms with van der Waals surface area (Å²) >= 11 is 0. The maximum atomic E-state index is 14.4. The van der Waals surface area contributed by atoms with E-state index in [2.05, 4.69) is 57.1 Å². The van der Waals surface area contributed by atoms with E-state index in [9.17, 15) is 24.6 Å². The number of carbonyl (C=O) groups excluding carboxylic acids is 3. The Morgan fingerprint density at radius 2 is 1.52 bits per heavy atom. The molecule has 0 bridgehead atoms. The number of aliphatic hydroxyl groups is 2. The number of likely N-dealkylation sites (N-methyl/N-ethyl adjacent to an activating group) is 2. The van der Waals surface area contributed by atoms with Gasteiger partial charge in [-0.2, -0.15) is 0 Å². The van der Waals surface area contributed by atoms with Gasteiger partial charge in [-0.3, -0.25) is 24.6 Å². The fraction of sp³-hybridized carbons (Fsp3) is 0.786. The van der Waals surface area contributed by atoms with E-state index in [0.29, 0.717) is 18.5 Å². The highest BCUT2D eigenvalue weighted by molar-refractivity contribution is 5.83. The lowest BCUT2D eigenvalue weighted by Gasteiger charge is -2.42. The van der Waals surface area contributed by atoms with E-state index in [1.165, 1.54) is 0 Å². The molecule has 11 atom stereocenters. The molecule has 0 spiro atoms. The molecule has 0 saturated carbocycles. The number of nitrogens with zero attached hydrogens (tertiary/aromatic N) is 3. The summed E-state index contributed by atoms with van der Waals surface area (Å²) in [7, 11) is 6.91. The number of amides is 3. The number of carbonyl (C=O) groups is 3. The lowest BCUT2D eigenvalue weighted by Crippen LogP contribution is -2.61. The Kier molecular flexibility index (Phi) is 19.6. The summed E-state index contributed by atoms with van der Waals surface area (Å²) in [6, 6.07) is 7.26. The number of benzene rings is 1. The monoisotopic (exact) mass is 762 g/mol. The average Bonchev–Trinajstić information content (AvgIpc) is 3.62. The SMILES string of the molecule is CC[C@H](C)[C@@H]([C@@H](CC(=O)N1CCC[C@H]1[C@H](OC)[C@@H](C)C(=O)N[C@H](C)[C@@H](O)c1ccccc1)OC)N(C)C(=O)[C@@H](NC(O)[C@H](C(C)C)N(C)C(C)C)C(C)C. The largest absolute Gasteiger partial charge is 0.386 e. The normalized spacial score (nSPS) is 20.7. The summed E-state index contributed by atoms with van der Waals surface area (Å²) in [5.41, 5.74) is 0.715. The number of ether oxygens (including phenoxy) is 2. The molecule has 2 rings (SSSR count). The maximum absolute atomic E-state index is 14.4. The third kappa shape index (κ3) is 12.2. The lowest BCUT2D eigenvalue weighted by atomic mass is 9.89. The Morgan fingerprint density at radius 3 is 2.02 bits per heavy atom. The third-order valence-electron chi connectivity index (χ3n) is 11.8. The smallest absolute Gasteiger partial charge is 0.240 e. The summed E-state index contributed by atoms with van der Waals surface area (Å²) in [4.78, 5) is 47.8. The summed E-state index contributed by atoms with van der Waals surface area (Å²) < 4.78 is 12.0. The van der Waals surface area contributed by atoms with Crippen molar-refractivity contribution < 1.29 is 34.1 Å². The van der Waals surface area contributed by atoms with Gasteiger partial charge in [0.1, 0.15) is 6.23 Å². The molecule has 1 heterocycles. The van der Waals surface area contributed by atoms with E-state index >= 15 is 0 Å². The van der Waals surface area contributed by atoms with Gasteiger partial charge in [0.15, 0.2) is 0 Å². The Hall–Kier alpha value is -2.61. The van der Waals surface area contributed by atoms with Crippen LogP contribution in [0.4, 0.5) is 0 Å². The van der Waals surface area contributed by atoms with Crippen molar-refractivity contribution in [2.45, 2.75) is 156 Å². The van der Waals surface area contributed by atoms with Gasteiger partial charge in [0, 0.05) is 33.9 Å². The highest BCUT2D eigenvalue weighted by atomic mass is 16.5. The van der Waals surface area contributed by atoms with Gasteiger partial charge in [-0.15, -0.1) is 0 Å². The molecule has 12 nitrogen and oxygen atoms in total. The third-order valence-corrected chi connectivity index (χ3v) is 11.8. The Bertz CT molecular complexity index is 1280. The fourth-order valence-electron chi connectivity index (χ4n) is 8.13. The topological polar surface area (TPSA) is 144 Å². The molecule has 1 aliphatic rings. The average molecular weight is 762 g/mol. The highest BCUT2D eigenvalue weighted by Crippen LogP contribution is 2.30. The molecule has 4 N–H and O–H groups in total. The predicted molar refractivity (Wildman–Crippen MR) is 214 cm³/mol. The molecule has 1 aromatic carbocycles. The molecular weight excluding hydrogens is 686 g/mol. The quantitative estimate of drug-likeness (QED) is 0.126. The second-order valence-corrected chi connectivity index (χ2v) is 16.6. The van der Waals surface area contributed by atoms with Crippen LogP contribution in [0.25, 0.3) is 0 Å². The molecule has 1 saturated heterocycles. The van der Waals surface area contributed by atoms with Gasteiger partial charge in [0.2, 0.25) is 17.7 Å². The Labute approximate surface area is 326 Å². The van der Waals surface area contributed by atoms with Gasteiger partial charge in [-0.05, 0) is 64.0 Å². The summed E-state index contributed by atoms with van der Waals surface area (Å²) in [5.74, 6) is -1.12. The van der Waals surface area contributed by atoms with Crippen molar-refractivity contribution in [3.8, 4) is 0 Å². The molecule has 1 aliphatic heterocycles. The van der Waals surface area contributed by atoms with Crippen LogP contribution in [-0.2, 0) is 23.9 Å². The van der Waals surface area contributed by atoms with Gasteiger partial charge in [-0.25, -0.2) is 0 Å². The van der Waals surface area contributed by atoms with Gasteiger partial charge in [-0.1, -0.05) is 85.2 Å². The molecule has 1 fully saturated rings. The Balaban J connectivity index is 2.26. The first-order valence-electron chi connectivity index (χ1n) is 20.1. The molecular formula is C42H75N5O7. The summed E-state index contributed by atoms with van der Waals surface area (Å²) in [5, 5.41) is 28.6. The van der Waals surface area contributed by atoms with Gasteiger partial charge >= 0.3 is 0 Å². The molecule has 1 aromatic rings. The zero-order chi connectivity index (χ0) is 41.0. The number of likely N-dealkylation sites (tertiary alicyclic amines) is 1. The molecule has 0 aromatic heterocycles. The van der Waals surface area contributed by atoms with E-state index in [4.69, 9.17) is 9.47 Å². The van der Waals surface area contributed by atoms with Crippen molar-refractivity contribution in [3.63, 3.8) is 0 Å². The summed E-state index contributed by atoms with van der Waals surface area (Å²) in [6.07, 6.45) is -0.716. The summed E-state index contributed by atoms with van der Waals surface area (Å²) in [6.45, 7) is 20.5. The van der Waals surface area contributed by atoms with Crippen LogP contribution in [0.2, 0.25) is 0 Å². The molecule has 310 valence electrons. The molecule has 54 heavy (non-hydrogen) atoms. The van der Waals surface area contributed by atoms with Crippen molar-refractivity contribution in [1.29, 1.82) is 0 Å². The number of hydrogen-bond acceptors (Lipinski definition) is 9. The van der Waals surface area contributed by atoms with Crippen LogP contribution in [0, 0.1) is 23.7 Å². The van der Waals surface area contributed by atoms with Crippen molar-refractivity contribution in [2.75, 3.05) is 34.9 Å². The van der Waals surface area contributed by atoms with E-state index in [1.54, 1.807) is 40.0 Å². The van der Waals surface area contributed by atoms with Crippen molar-refractivity contribution in [3.05, 3.63) is 35.9 Å². The fourth-order valence-corrected chi connectivity index (χ4v) is 8.13. The molecule has 12 heteroatoms. The number of methoxy groups -OCH3 is 2. The number of aliphatic hydroxyl groups excluding tert-OH is 2. The standard InChI is InChI=1S/C42H75N5O7/c1-15-28(8)37(46(12)42(52)35(25(2)3)44-41(51)36(26(4)5)45(11)27(6)7)33(53-13)24-34(48)47-23-19-22-32(47)39(54-14)29(9)40(50)43-30(10)38(49)31-20-17-16-18-21-31/h16-18,20-21,25-30,32-33,35-39,41,44,49,51H,15,19,22-24H2,1-14H3,(H,43,50)/t28-,29+,30+,32-,33+,35-,36-,37-,38+,39+,41?/m0/s1. The first-order valence-corrected chi connectivity index (χ1v) is 20.1. The molecule has 3 amide bonds. The van der Waals surface area contributed by atoms with Crippen LogP contribution in [0.3, 0.4) is 0 Å². The van der Waals surface area contributed by atoms with Crippen LogP contribution < -0.4 is 10.6 Å². The minimum absolute atomic E-state index is 0.00275. The van der Waals surface area contributed by atoms with E-state index < -0.39 is 48.6 Å². The zero-order valence-corrected chi connectivity index (χ0v) is 35.8. The zero-order valence-electron chi connectivity index (χ0n) is 35.8. The Morgan fingerprint density at radius 1 is 0.907 bits per heavy atom. The molecule has 1 unspecified atom stereocenters. The van der Waals surface area contributed by atoms with Gasteiger partial charge < -0.3 is 34.8 Å². The number of nitrogens with one attached hydrogen (secondary N) is 2. The number of rotatable bonds is 22. The second-order valence-electron chi connectivity index (χ2n) is 16.6. The highest BCUT2D eigenvalue weighted by Gasteiger charge is 2.43. The minimum atomic E-state index is -0.938.